The number of carboxylic acids is 1. The van der Waals surface area contributed by atoms with E-state index in [0.29, 0.717) is 6.61 Å². The molecule has 0 saturated heterocycles. The van der Waals surface area contributed by atoms with Crippen molar-refractivity contribution < 1.29 is 14.3 Å². The summed E-state index contributed by atoms with van der Waals surface area (Å²) in [5, 5.41) is 11.1. The number of fused-ring (bicyclic) bond motifs is 1. The molecule has 2 aromatic carbocycles. The number of hydrogen-bond acceptors (Lipinski definition) is 2. The first-order valence-electron chi connectivity index (χ1n) is 8.16. The first-order chi connectivity index (χ1) is 11.1. The quantitative estimate of drug-likeness (QED) is 0.580. The van der Waals surface area contributed by atoms with Gasteiger partial charge in [0.2, 0.25) is 0 Å². The van der Waals surface area contributed by atoms with Crippen molar-refractivity contribution in [3.05, 3.63) is 53.6 Å². The van der Waals surface area contributed by atoms with Crippen molar-refractivity contribution in [3.63, 3.8) is 0 Å². The molecular weight excluding hydrogens is 316 g/mol. The van der Waals surface area contributed by atoms with Crippen LogP contribution in [0.5, 0.6) is 0 Å². The second-order valence-corrected chi connectivity index (χ2v) is 12.5. The first kappa shape index (κ1) is 18.4. The number of aliphatic carboxylic acids is 1. The zero-order chi connectivity index (χ0) is 18.0. The standard InChI is InChI=1S/C20H26O3Si/c1-20(2,3)24(4,5)23-14-16-7-10-17-12-15(8-11-19(21)22)6-9-18(17)13-16/h6-13H,14H2,1-5H3,(H,21,22). The average molecular weight is 343 g/mol. The third kappa shape index (κ3) is 4.55. The van der Waals surface area contributed by atoms with Crippen molar-refractivity contribution in [1.82, 2.24) is 0 Å². The highest BCUT2D eigenvalue weighted by Crippen LogP contribution is 2.37. The van der Waals surface area contributed by atoms with Crippen LogP contribution in [0, 0.1) is 0 Å². The monoisotopic (exact) mass is 342 g/mol. The molecule has 2 rings (SSSR count). The molecule has 0 heterocycles. The van der Waals surface area contributed by atoms with Crippen LogP contribution in [-0.2, 0) is 15.8 Å². The van der Waals surface area contributed by atoms with Gasteiger partial charge >= 0.3 is 5.97 Å². The lowest BCUT2D eigenvalue weighted by molar-refractivity contribution is -0.131. The normalized spacial score (nSPS) is 12.9. The van der Waals surface area contributed by atoms with Crippen molar-refractivity contribution in [2.24, 2.45) is 0 Å². The van der Waals surface area contributed by atoms with Gasteiger partial charge in [0, 0.05) is 6.08 Å². The van der Waals surface area contributed by atoms with E-state index in [1.807, 2.05) is 18.2 Å². The third-order valence-corrected chi connectivity index (χ3v) is 9.23. The first-order valence-corrected chi connectivity index (χ1v) is 11.1. The van der Waals surface area contributed by atoms with Gasteiger partial charge in [0.15, 0.2) is 8.32 Å². The van der Waals surface area contributed by atoms with Crippen LogP contribution in [0.3, 0.4) is 0 Å². The summed E-state index contributed by atoms with van der Waals surface area (Å²) < 4.78 is 6.28. The topological polar surface area (TPSA) is 46.5 Å². The highest BCUT2D eigenvalue weighted by molar-refractivity contribution is 6.74. The van der Waals surface area contributed by atoms with Gasteiger partial charge in [0.25, 0.3) is 0 Å². The summed E-state index contributed by atoms with van der Waals surface area (Å²) in [5.74, 6) is -0.937. The summed E-state index contributed by atoms with van der Waals surface area (Å²) in [6, 6.07) is 12.2. The van der Waals surface area contributed by atoms with Gasteiger partial charge in [-0.05, 0) is 58.2 Å². The molecule has 0 saturated carbocycles. The van der Waals surface area contributed by atoms with Crippen molar-refractivity contribution in [3.8, 4) is 0 Å². The molecule has 0 atom stereocenters. The Morgan fingerprint density at radius 3 is 2.38 bits per heavy atom. The second-order valence-electron chi connectivity index (χ2n) is 7.66. The molecule has 0 bridgehead atoms. The second kappa shape index (κ2) is 6.91. The molecule has 0 spiro atoms. The fraction of sp³-hybridized carbons (Fsp3) is 0.350. The lowest BCUT2D eigenvalue weighted by Crippen LogP contribution is -2.40. The van der Waals surface area contributed by atoms with Crippen molar-refractivity contribution >= 4 is 31.1 Å². The molecule has 0 unspecified atom stereocenters. The van der Waals surface area contributed by atoms with Gasteiger partial charge in [0.1, 0.15) is 0 Å². The lowest BCUT2D eigenvalue weighted by Gasteiger charge is -2.36. The minimum absolute atomic E-state index is 0.204. The molecule has 0 radical (unpaired) electrons. The predicted molar refractivity (Wildman–Crippen MR) is 103 cm³/mol. The largest absolute Gasteiger partial charge is 0.478 e. The van der Waals surface area contributed by atoms with Gasteiger partial charge in [0.05, 0.1) is 6.61 Å². The van der Waals surface area contributed by atoms with E-state index in [9.17, 15) is 4.79 Å². The maximum atomic E-state index is 10.6. The van der Waals surface area contributed by atoms with Crippen LogP contribution < -0.4 is 0 Å². The number of benzene rings is 2. The van der Waals surface area contributed by atoms with Gasteiger partial charge in [-0.15, -0.1) is 0 Å². The highest BCUT2D eigenvalue weighted by Gasteiger charge is 2.36. The van der Waals surface area contributed by atoms with E-state index in [4.69, 9.17) is 9.53 Å². The predicted octanol–water partition coefficient (Wildman–Crippen LogP) is 5.46. The average Bonchev–Trinajstić information content (AvgIpc) is 2.49. The minimum Gasteiger partial charge on any atom is -0.478 e. The van der Waals surface area contributed by atoms with E-state index in [-0.39, 0.29) is 5.04 Å². The van der Waals surface area contributed by atoms with Gasteiger partial charge < -0.3 is 9.53 Å². The molecular formula is C20H26O3Si. The lowest BCUT2D eigenvalue weighted by atomic mass is 10.0. The summed E-state index contributed by atoms with van der Waals surface area (Å²) in [6.45, 7) is 11.9. The molecule has 0 aromatic heterocycles. The van der Waals surface area contributed by atoms with Crippen LogP contribution in [0.1, 0.15) is 31.9 Å². The molecule has 1 N–H and O–H groups in total. The summed E-state index contributed by atoms with van der Waals surface area (Å²) in [4.78, 5) is 10.6. The number of carbonyl (C=O) groups is 1. The summed E-state index contributed by atoms with van der Waals surface area (Å²) in [6.07, 6.45) is 2.76. The van der Waals surface area contributed by atoms with Crippen LogP contribution in [0.15, 0.2) is 42.5 Å². The Hall–Kier alpha value is -1.91. The van der Waals surface area contributed by atoms with E-state index in [1.54, 1.807) is 6.08 Å². The van der Waals surface area contributed by atoms with Crippen LogP contribution in [0.2, 0.25) is 18.1 Å². The maximum absolute atomic E-state index is 10.6. The fourth-order valence-corrected chi connectivity index (χ4v) is 3.12. The van der Waals surface area contributed by atoms with Gasteiger partial charge in [-0.2, -0.15) is 0 Å². The Kier molecular flexibility index (Phi) is 5.31. The molecule has 4 heteroatoms. The molecule has 2 aromatic rings. The molecule has 0 aliphatic carbocycles. The van der Waals surface area contributed by atoms with Crippen LogP contribution in [-0.4, -0.2) is 19.4 Å². The third-order valence-electron chi connectivity index (χ3n) is 4.75. The SMILES string of the molecule is CC(C)(C)[Si](C)(C)OCc1ccc2cc(C=CC(=O)O)ccc2c1. The smallest absolute Gasteiger partial charge is 0.328 e. The maximum Gasteiger partial charge on any atom is 0.328 e. The fourth-order valence-electron chi connectivity index (χ4n) is 2.15. The molecule has 128 valence electrons. The molecule has 0 aliphatic heterocycles. The van der Waals surface area contributed by atoms with E-state index >= 15 is 0 Å². The Labute approximate surface area is 145 Å². The molecule has 0 aliphatic rings. The van der Waals surface area contributed by atoms with Crippen LogP contribution in [0.25, 0.3) is 16.8 Å². The highest BCUT2D eigenvalue weighted by atomic mass is 28.4. The van der Waals surface area contributed by atoms with E-state index in [2.05, 4.69) is 52.1 Å². The van der Waals surface area contributed by atoms with E-state index < -0.39 is 14.3 Å². The Morgan fingerprint density at radius 2 is 1.75 bits per heavy atom. The molecule has 24 heavy (non-hydrogen) atoms. The van der Waals surface area contributed by atoms with E-state index in [0.717, 1.165) is 22.4 Å². The Morgan fingerprint density at radius 1 is 1.12 bits per heavy atom. The zero-order valence-electron chi connectivity index (χ0n) is 15.1. The van der Waals surface area contributed by atoms with Gasteiger partial charge in [-0.3, -0.25) is 0 Å². The van der Waals surface area contributed by atoms with Gasteiger partial charge in [-0.1, -0.05) is 45.0 Å². The summed E-state index contributed by atoms with van der Waals surface area (Å²) in [5.41, 5.74) is 2.05. The van der Waals surface area contributed by atoms with Crippen LogP contribution >= 0.6 is 0 Å². The summed E-state index contributed by atoms with van der Waals surface area (Å²) in [7, 11) is -1.75. The van der Waals surface area contributed by atoms with Crippen molar-refractivity contribution in [1.29, 1.82) is 0 Å². The number of rotatable bonds is 5. The van der Waals surface area contributed by atoms with Crippen molar-refractivity contribution in [2.75, 3.05) is 0 Å². The molecule has 0 amide bonds. The summed E-state index contributed by atoms with van der Waals surface area (Å²) >= 11 is 0. The number of carboxylic acid groups (broad SMARTS) is 1. The minimum atomic E-state index is -1.75. The number of hydrogen-bond donors (Lipinski definition) is 1. The molecule has 3 nitrogen and oxygen atoms in total. The van der Waals surface area contributed by atoms with Crippen molar-refractivity contribution in [2.45, 2.75) is 45.5 Å². The molecule has 0 fully saturated rings. The Bertz CT molecular complexity index is 770. The van der Waals surface area contributed by atoms with Crippen LogP contribution in [0.4, 0.5) is 0 Å². The zero-order valence-corrected chi connectivity index (χ0v) is 16.1. The van der Waals surface area contributed by atoms with Gasteiger partial charge in [-0.25, -0.2) is 4.79 Å². The Balaban J connectivity index is 2.17. The van der Waals surface area contributed by atoms with E-state index in [1.165, 1.54) is 5.56 Å².